The standard InChI is InChI=1S/C12H10N4/c1-9-3-2-4-12-15-11(8-16(9)12)10-7-13-5-6-14-10/h2-8H,1H3. The van der Waals surface area contributed by atoms with Crippen LogP contribution in [-0.4, -0.2) is 19.4 Å². The zero-order valence-corrected chi connectivity index (χ0v) is 8.83. The molecule has 0 spiro atoms. The lowest BCUT2D eigenvalue weighted by atomic mass is 10.3. The van der Waals surface area contributed by atoms with Crippen LogP contribution in [0, 0.1) is 6.92 Å². The van der Waals surface area contributed by atoms with E-state index in [1.165, 1.54) is 0 Å². The van der Waals surface area contributed by atoms with E-state index in [2.05, 4.69) is 27.9 Å². The van der Waals surface area contributed by atoms with E-state index in [9.17, 15) is 0 Å². The fourth-order valence-electron chi connectivity index (χ4n) is 1.70. The minimum Gasteiger partial charge on any atom is -0.304 e. The average Bonchev–Trinajstić information content (AvgIpc) is 2.76. The van der Waals surface area contributed by atoms with Crippen LogP contribution in [0.25, 0.3) is 17.0 Å². The van der Waals surface area contributed by atoms with Crippen LogP contribution in [0.1, 0.15) is 5.69 Å². The summed E-state index contributed by atoms with van der Waals surface area (Å²) in [6.45, 7) is 2.05. The van der Waals surface area contributed by atoms with Gasteiger partial charge >= 0.3 is 0 Å². The number of imidazole rings is 1. The molecule has 0 aromatic carbocycles. The second-order valence-electron chi connectivity index (χ2n) is 3.61. The third-order valence-corrected chi connectivity index (χ3v) is 2.52. The van der Waals surface area contributed by atoms with Crippen LogP contribution >= 0.6 is 0 Å². The number of nitrogens with zero attached hydrogens (tertiary/aromatic N) is 4. The fraction of sp³-hybridized carbons (Fsp3) is 0.0833. The van der Waals surface area contributed by atoms with Crippen molar-refractivity contribution in [3.63, 3.8) is 0 Å². The van der Waals surface area contributed by atoms with Gasteiger partial charge in [-0.3, -0.25) is 9.97 Å². The maximum Gasteiger partial charge on any atom is 0.137 e. The van der Waals surface area contributed by atoms with Gasteiger partial charge in [0.1, 0.15) is 17.0 Å². The van der Waals surface area contributed by atoms with Gasteiger partial charge in [-0.05, 0) is 19.1 Å². The lowest BCUT2D eigenvalue weighted by molar-refractivity contribution is 1.09. The minimum atomic E-state index is 0.797. The summed E-state index contributed by atoms with van der Waals surface area (Å²) in [4.78, 5) is 12.8. The van der Waals surface area contributed by atoms with Gasteiger partial charge in [0, 0.05) is 24.3 Å². The fourth-order valence-corrected chi connectivity index (χ4v) is 1.70. The van der Waals surface area contributed by atoms with Crippen molar-refractivity contribution < 1.29 is 0 Å². The largest absolute Gasteiger partial charge is 0.304 e. The molecule has 0 unspecified atom stereocenters. The molecule has 0 fully saturated rings. The molecule has 3 heterocycles. The van der Waals surface area contributed by atoms with E-state index in [0.717, 1.165) is 22.7 Å². The number of hydrogen-bond donors (Lipinski definition) is 0. The second kappa shape index (κ2) is 3.41. The van der Waals surface area contributed by atoms with Crippen molar-refractivity contribution in [3.05, 3.63) is 48.7 Å². The van der Waals surface area contributed by atoms with Crippen molar-refractivity contribution in [3.8, 4) is 11.4 Å². The van der Waals surface area contributed by atoms with Gasteiger partial charge < -0.3 is 4.40 Å². The second-order valence-corrected chi connectivity index (χ2v) is 3.61. The Kier molecular flexibility index (Phi) is 1.93. The van der Waals surface area contributed by atoms with E-state index in [-0.39, 0.29) is 0 Å². The Morgan fingerprint density at radius 2 is 2.06 bits per heavy atom. The van der Waals surface area contributed by atoms with Crippen molar-refractivity contribution in [2.75, 3.05) is 0 Å². The van der Waals surface area contributed by atoms with Gasteiger partial charge in [0.05, 0.1) is 6.20 Å². The van der Waals surface area contributed by atoms with Gasteiger partial charge in [-0.2, -0.15) is 0 Å². The summed E-state index contributed by atoms with van der Waals surface area (Å²) in [5.41, 5.74) is 3.73. The third-order valence-electron chi connectivity index (χ3n) is 2.52. The molecule has 16 heavy (non-hydrogen) atoms. The molecule has 0 amide bonds. The Hall–Kier alpha value is -2.23. The molecule has 3 aromatic heterocycles. The topological polar surface area (TPSA) is 43.1 Å². The molecule has 0 aliphatic heterocycles. The molecular weight excluding hydrogens is 200 g/mol. The van der Waals surface area contributed by atoms with E-state index in [0.29, 0.717) is 0 Å². The van der Waals surface area contributed by atoms with E-state index in [1.807, 2.05) is 22.7 Å². The van der Waals surface area contributed by atoms with Gasteiger partial charge in [0.25, 0.3) is 0 Å². The maximum absolute atomic E-state index is 4.50. The lowest BCUT2D eigenvalue weighted by Crippen LogP contribution is -1.86. The van der Waals surface area contributed by atoms with Crippen LogP contribution in [0.3, 0.4) is 0 Å². The van der Waals surface area contributed by atoms with E-state index < -0.39 is 0 Å². The summed E-state index contributed by atoms with van der Waals surface area (Å²) >= 11 is 0. The molecule has 0 aliphatic rings. The van der Waals surface area contributed by atoms with Gasteiger partial charge in [-0.15, -0.1) is 0 Å². The highest BCUT2D eigenvalue weighted by Gasteiger charge is 2.05. The summed E-state index contributed by atoms with van der Waals surface area (Å²) in [6, 6.07) is 6.03. The number of aryl methyl sites for hydroxylation is 1. The van der Waals surface area contributed by atoms with Gasteiger partial charge in [-0.25, -0.2) is 4.98 Å². The average molecular weight is 210 g/mol. The predicted molar refractivity (Wildman–Crippen MR) is 61.0 cm³/mol. The smallest absolute Gasteiger partial charge is 0.137 e. The summed E-state index contributed by atoms with van der Waals surface area (Å²) in [5, 5.41) is 0. The first-order valence-electron chi connectivity index (χ1n) is 5.06. The highest BCUT2D eigenvalue weighted by atomic mass is 15.0. The van der Waals surface area contributed by atoms with Gasteiger partial charge in [0.15, 0.2) is 0 Å². The Balaban J connectivity index is 2.23. The molecule has 0 saturated carbocycles. The molecule has 0 aliphatic carbocycles. The first-order valence-corrected chi connectivity index (χ1v) is 5.06. The van der Waals surface area contributed by atoms with Crippen LogP contribution < -0.4 is 0 Å². The van der Waals surface area contributed by atoms with Crippen LogP contribution in [0.4, 0.5) is 0 Å². The number of fused-ring (bicyclic) bond motifs is 1. The highest BCUT2D eigenvalue weighted by Crippen LogP contribution is 2.16. The molecule has 3 aromatic rings. The van der Waals surface area contributed by atoms with Gasteiger partial charge in [-0.1, -0.05) is 6.07 Å². The number of pyridine rings is 1. The molecule has 3 rings (SSSR count). The molecular formula is C12H10N4. The molecule has 0 radical (unpaired) electrons. The summed E-state index contributed by atoms with van der Waals surface area (Å²) in [6.07, 6.45) is 7.03. The molecule has 4 heteroatoms. The van der Waals surface area contributed by atoms with Crippen LogP contribution in [-0.2, 0) is 0 Å². The van der Waals surface area contributed by atoms with E-state index >= 15 is 0 Å². The molecule has 78 valence electrons. The maximum atomic E-state index is 4.50. The van der Waals surface area contributed by atoms with Crippen LogP contribution in [0.5, 0.6) is 0 Å². The quantitative estimate of drug-likeness (QED) is 0.617. The SMILES string of the molecule is Cc1cccc2nc(-c3cnccn3)cn12. The summed E-state index contributed by atoms with van der Waals surface area (Å²) in [7, 11) is 0. The molecule has 0 bridgehead atoms. The van der Waals surface area contributed by atoms with E-state index in [1.54, 1.807) is 18.6 Å². The lowest BCUT2D eigenvalue weighted by Gasteiger charge is -1.95. The number of rotatable bonds is 1. The molecule has 0 saturated heterocycles. The zero-order chi connectivity index (χ0) is 11.0. The predicted octanol–water partition coefficient (Wildman–Crippen LogP) is 2.10. The number of hydrogen-bond acceptors (Lipinski definition) is 3. The summed E-state index contributed by atoms with van der Waals surface area (Å²) < 4.78 is 2.05. The minimum absolute atomic E-state index is 0.797. The normalized spacial score (nSPS) is 10.8. The van der Waals surface area contributed by atoms with Crippen molar-refractivity contribution in [1.82, 2.24) is 19.4 Å². The first-order chi connectivity index (χ1) is 7.84. The van der Waals surface area contributed by atoms with Gasteiger partial charge in [0.2, 0.25) is 0 Å². The Labute approximate surface area is 92.6 Å². The van der Waals surface area contributed by atoms with E-state index in [4.69, 9.17) is 0 Å². The zero-order valence-electron chi connectivity index (χ0n) is 8.83. The molecule has 0 N–H and O–H groups in total. The third kappa shape index (κ3) is 1.35. The molecule has 4 nitrogen and oxygen atoms in total. The van der Waals surface area contributed by atoms with Crippen molar-refractivity contribution in [1.29, 1.82) is 0 Å². The molecule has 0 atom stereocenters. The van der Waals surface area contributed by atoms with Crippen LogP contribution in [0.15, 0.2) is 43.0 Å². The Morgan fingerprint density at radius 1 is 1.12 bits per heavy atom. The van der Waals surface area contributed by atoms with Crippen LogP contribution in [0.2, 0.25) is 0 Å². The first kappa shape index (κ1) is 9.03. The van der Waals surface area contributed by atoms with Crippen molar-refractivity contribution in [2.24, 2.45) is 0 Å². The Bertz CT molecular complexity index is 628. The summed E-state index contributed by atoms with van der Waals surface area (Å²) in [5.74, 6) is 0. The Morgan fingerprint density at radius 3 is 2.81 bits per heavy atom. The van der Waals surface area contributed by atoms with Crippen molar-refractivity contribution in [2.45, 2.75) is 6.92 Å². The van der Waals surface area contributed by atoms with Crippen molar-refractivity contribution >= 4 is 5.65 Å². The highest BCUT2D eigenvalue weighted by molar-refractivity contribution is 5.58. The monoisotopic (exact) mass is 210 g/mol. The number of aromatic nitrogens is 4.